The van der Waals surface area contributed by atoms with Gasteiger partial charge in [-0.2, -0.15) is 5.10 Å². The number of fused-ring (bicyclic) bond motifs is 1. The highest BCUT2D eigenvalue weighted by molar-refractivity contribution is 6.08. The van der Waals surface area contributed by atoms with Crippen molar-refractivity contribution >= 4 is 28.9 Å². The molecule has 1 atom stereocenters. The van der Waals surface area contributed by atoms with Crippen LogP contribution in [0.15, 0.2) is 71.8 Å². The lowest BCUT2D eigenvalue weighted by Crippen LogP contribution is -2.44. The summed E-state index contributed by atoms with van der Waals surface area (Å²) in [5, 5.41) is 19.6. The Balaban J connectivity index is 1.56. The highest BCUT2D eigenvalue weighted by Crippen LogP contribution is 2.27. The van der Waals surface area contributed by atoms with Crippen molar-refractivity contribution < 1.29 is 14.7 Å². The lowest BCUT2D eigenvalue weighted by molar-refractivity contribution is -0.130. The number of hydrazone groups is 1. The fraction of sp³-hybridized carbons (Fsp3) is 0.174. The number of carbonyl (C=O) groups is 2. The monoisotopic (exact) mass is 387 g/mol. The summed E-state index contributed by atoms with van der Waals surface area (Å²) in [6, 6.07) is 20.1. The summed E-state index contributed by atoms with van der Waals surface area (Å²) in [7, 11) is 0. The molecule has 1 aliphatic heterocycles. The summed E-state index contributed by atoms with van der Waals surface area (Å²) in [6.07, 6.45) is 2.48. The van der Waals surface area contributed by atoms with E-state index in [2.05, 4.69) is 10.4 Å². The number of urea groups is 1. The number of aryl methyl sites for hydroxylation is 1. The van der Waals surface area contributed by atoms with Crippen molar-refractivity contribution in [3.05, 3.63) is 77.9 Å². The number of nitrogens with one attached hydrogen (secondary N) is 1. The van der Waals surface area contributed by atoms with Crippen LogP contribution in [0.4, 0.5) is 4.79 Å². The molecule has 6 heteroatoms. The Bertz CT molecular complexity index is 1110. The minimum absolute atomic E-state index is 0.0337. The van der Waals surface area contributed by atoms with Gasteiger partial charge in [-0.3, -0.25) is 4.79 Å². The minimum Gasteiger partial charge on any atom is -0.507 e. The molecule has 3 aromatic carbocycles. The highest BCUT2D eigenvalue weighted by Gasteiger charge is 2.47. The second-order valence-corrected chi connectivity index (χ2v) is 7.33. The van der Waals surface area contributed by atoms with Gasteiger partial charge in [0.2, 0.25) is 0 Å². The topological polar surface area (TPSA) is 82.0 Å². The molecule has 1 saturated heterocycles. The number of aromatic hydroxyl groups is 1. The van der Waals surface area contributed by atoms with Crippen LogP contribution in [0.5, 0.6) is 5.75 Å². The van der Waals surface area contributed by atoms with Crippen LogP contribution in [0.1, 0.15) is 24.5 Å². The molecule has 0 aliphatic carbocycles. The van der Waals surface area contributed by atoms with Crippen molar-refractivity contribution in [3.63, 3.8) is 0 Å². The van der Waals surface area contributed by atoms with Crippen molar-refractivity contribution in [2.45, 2.75) is 25.3 Å². The number of benzene rings is 3. The number of carbonyl (C=O) groups excluding carboxylic acids is 2. The maximum Gasteiger partial charge on any atom is 0.346 e. The van der Waals surface area contributed by atoms with Crippen LogP contribution in [0.3, 0.4) is 0 Å². The van der Waals surface area contributed by atoms with E-state index in [0.717, 1.165) is 21.3 Å². The molecule has 2 N–H and O–H groups in total. The fourth-order valence-electron chi connectivity index (χ4n) is 3.52. The predicted octanol–water partition coefficient (Wildman–Crippen LogP) is 3.82. The Kier molecular flexibility index (Phi) is 4.76. The molecular formula is C23H21N3O3. The van der Waals surface area contributed by atoms with Crippen LogP contribution >= 0.6 is 0 Å². The molecule has 0 aromatic heterocycles. The number of hydrogen-bond acceptors (Lipinski definition) is 4. The van der Waals surface area contributed by atoms with E-state index < -0.39 is 17.5 Å². The molecule has 4 rings (SSSR count). The quantitative estimate of drug-likeness (QED) is 0.516. The number of nitrogens with zero attached hydrogens (tertiary/aromatic N) is 2. The first-order valence-corrected chi connectivity index (χ1v) is 9.43. The number of phenols is 1. The van der Waals surface area contributed by atoms with Gasteiger partial charge in [0.1, 0.15) is 11.3 Å². The summed E-state index contributed by atoms with van der Waals surface area (Å²) in [6.45, 7) is 1.71. The molecule has 29 heavy (non-hydrogen) atoms. The third-order valence-electron chi connectivity index (χ3n) is 5.25. The lowest BCUT2D eigenvalue weighted by atomic mass is 9.93. The molecule has 0 spiro atoms. The number of rotatable bonds is 5. The van der Waals surface area contributed by atoms with Gasteiger partial charge < -0.3 is 10.4 Å². The third kappa shape index (κ3) is 3.57. The van der Waals surface area contributed by atoms with E-state index in [1.54, 1.807) is 19.1 Å². The predicted molar refractivity (Wildman–Crippen MR) is 112 cm³/mol. The van der Waals surface area contributed by atoms with Crippen LogP contribution in [-0.2, 0) is 11.2 Å². The Labute approximate surface area is 168 Å². The van der Waals surface area contributed by atoms with Crippen LogP contribution in [0.25, 0.3) is 10.8 Å². The molecule has 0 radical (unpaired) electrons. The Hall–Kier alpha value is -3.67. The molecule has 1 heterocycles. The fourth-order valence-corrected chi connectivity index (χ4v) is 3.52. The van der Waals surface area contributed by atoms with Crippen molar-refractivity contribution in [1.29, 1.82) is 0 Å². The van der Waals surface area contributed by atoms with E-state index >= 15 is 0 Å². The zero-order valence-corrected chi connectivity index (χ0v) is 16.0. The van der Waals surface area contributed by atoms with E-state index in [4.69, 9.17) is 0 Å². The molecular weight excluding hydrogens is 366 g/mol. The molecule has 1 fully saturated rings. The van der Waals surface area contributed by atoms with E-state index in [9.17, 15) is 14.7 Å². The normalized spacial score (nSPS) is 19.3. The standard InChI is InChI=1S/C23H21N3O3/c1-23(14-13-16-7-3-2-4-8-16)21(28)26(22(29)25-23)24-15-19-18-10-6-5-9-17(18)11-12-20(19)27/h2-12,15,27H,13-14H2,1H3,(H,25,29)/b24-15+/t23-/m1/s1. The van der Waals surface area contributed by atoms with E-state index in [1.807, 2.05) is 54.6 Å². The van der Waals surface area contributed by atoms with Gasteiger partial charge in [0.15, 0.2) is 0 Å². The van der Waals surface area contributed by atoms with Crippen LogP contribution in [-0.4, -0.2) is 33.8 Å². The molecule has 146 valence electrons. The molecule has 0 saturated carbocycles. The highest BCUT2D eigenvalue weighted by atomic mass is 16.3. The molecule has 3 aromatic rings. The summed E-state index contributed by atoms with van der Waals surface area (Å²) >= 11 is 0. The Morgan fingerprint density at radius 2 is 1.76 bits per heavy atom. The van der Waals surface area contributed by atoms with E-state index in [0.29, 0.717) is 18.4 Å². The summed E-state index contributed by atoms with van der Waals surface area (Å²) < 4.78 is 0. The largest absolute Gasteiger partial charge is 0.507 e. The average molecular weight is 387 g/mol. The average Bonchev–Trinajstić information content (AvgIpc) is 2.95. The maximum absolute atomic E-state index is 12.9. The second kappa shape index (κ2) is 7.39. The van der Waals surface area contributed by atoms with Gasteiger partial charge in [0, 0.05) is 5.56 Å². The maximum atomic E-state index is 12.9. The zero-order chi connectivity index (χ0) is 20.4. The van der Waals surface area contributed by atoms with Gasteiger partial charge in [0.05, 0.1) is 6.21 Å². The first kappa shape index (κ1) is 18.7. The minimum atomic E-state index is -1.02. The number of phenolic OH excluding ortho intramolecular Hbond substituents is 1. The Morgan fingerprint density at radius 1 is 1.03 bits per heavy atom. The van der Waals surface area contributed by atoms with Gasteiger partial charge >= 0.3 is 6.03 Å². The first-order valence-electron chi connectivity index (χ1n) is 9.43. The van der Waals surface area contributed by atoms with E-state index in [1.165, 1.54) is 6.21 Å². The number of hydrogen-bond donors (Lipinski definition) is 2. The first-order chi connectivity index (χ1) is 14.0. The molecule has 1 aliphatic rings. The van der Waals surface area contributed by atoms with Gasteiger partial charge in [-0.25, -0.2) is 4.79 Å². The van der Waals surface area contributed by atoms with Gasteiger partial charge in [-0.1, -0.05) is 60.7 Å². The number of amides is 3. The third-order valence-corrected chi connectivity index (χ3v) is 5.25. The van der Waals surface area contributed by atoms with Crippen molar-refractivity contribution in [2.75, 3.05) is 0 Å². The van der Waals surface area contributed by atoms with Crippen molar-refractivity contribution in [3.8, 4) is 5.75 Å². The molecule has 0 bridgehead atoms. The smallest absolute Gasteiger partial charge is 0.346 e. The summed E-state index contributed by atoms with van der Waals surface area (Å²) in [5.41, 5.74) is 0.533. The molecule has 0 unspecified atom stereocenters. The molecule has 3 amide bonds. The van der Waals surface area contributed by atoms with Crippen molar-refractivity contribution in [2.24, 2.45) is 5.10 Å². The van der Waals surface area contributed by atoms with Crippen LogP contribution in [0, 0.1) is 0 Å². The SMILES string of the molecule is C[C@]1(CCc2ccccc2)NC(=O)N(/N=C/c2c(O)ccc3ccccc23)C1=O. The van der Waals surface area contributed by atoms with Crippen molar-refractivity contribution in [1.82, 2.24) is 10.3 Å². The van der Waals surface area contributed by atoms with Gasteiger partial charge in [0.25, 0.3) is 5.91 Å². The van der Waals surface area contributed by atoms with Gasteiger partial charge in [-0.15, -0.1) is 5.01 Å². The van der Waals surface area contributed by atoms with Crippen LogP contribution < -0.4 is 5.32 Å². The van der Waals surface area contributed by atoms with Crippen LogP contribution in [0.2, 0.25) is 0 Å². The summed E-state index contributed by atoms with van der Waals surface area (Å²) in [4.78, 5) is 25.3. The lowest BCUT2D eigenvalue weighted by Gasteiger charge is -2.20. The summed E-state index contributed by atoms with van der Waals surface area (Å²) in [5.74, 6) is -0.374. The number of imide groups is 1. The zero-order valence-electron chi connectivity index (χ0n) is 16.0. The Morgan fingerprint density at radius 3 is 2.55 bits per heavy atom. The van der Waals surface area contributed by atoms with Gasteiger partial charge in [-0.05, 0) is 42.2 Å². The van der Waals surface area contributed by atoms with E-state index in [-0.39, 0.29) is 5.75 Å². The second-order valence-electron chi connectivity index (χ2n) is 7.33. The molecule has 6 nitrogen and oxygen atoms in total.